The molecule has 0 unspecified atom stereocenters. The Morgan fingerprint density at radius 2 is 1.65 bits per heavy atom. The second-order valence-electron chi connectivity index (χ2n) is 4.92. The first-order chi connectivity index (χ1) is 10.9. The fourth-order valence-electron chi connectivity index (χ4n) is 2.05. The summed E-state index contributed by atoms with van der Waals surface area (Å²) in [6, 6.07) is 10.6. The molecule has 2 N–H and O–H groups in total. The van der Waals surface area contributed by atoms with Gasteiger partial charge in [-0.1, -0.05) is 12.1 Å². The molecule has 23 heavy (non-hydrogen) atoms. The van der Waals surface area contributed by atoms with E-state index >= 15 is 0 Å². The van der Waals surface area contributed by atoms with E-state index in [0.29, 0.717) is 16.9 Å². The number of rotatable bonds is 4. The first-order valence-corrected chi connectivity index (χ1v) is 6.81. The van der Waals surface area contributed by atoms with E-state index in [1.165, 1.54) is 31.2 Å². The number of hydrogen-bond acceptors (Lipinski definition) is 4. The highest BCUT2D eigenvalue weighted by atomic mass is 16.6. The Labute approximate surface area is 132 Å². The lowest BCUT2D eigenvalue weighted by atomic mass is 10.1. The van der Waals surface area contributed by atoms with Gasteiger partial charge in [-0.15, -0.1) is 0 Å². The van der Waals surface area contributed by atoms with Crippen molar-refractivity contribution >= 4 is 28.9 Å². The number of nitro groups is 1. The highest BCUT2D eigenvalue weighted by molar-refractivity contribution is 6.05. The second kappa shape index (κ2) is 6.69. The number of hydrogen-bond donors (Lipinski definition) is 2. The van der Waals surface area contributed by atoms with Gasteiger partial charge in [0.15, 0.2) is 0 Å². The van der Waals surface area contributed by atoms with Crippen LogP contribution in [0.4, 0.5) is 17.1 Å². The summed E-state index contributed by atoms with van der Waals surface area (Å²) < 4.78 is 0. The summed E-state index contributed by atoms with van der Waals surface area (Å²) in [5, 5.41) is 16.1. The van der Waals surface area contributed by atoms with Crippen LogP contribution >= 0.6 is 0 Å². The van der Waals surface area contributed by atoms with Crippen molar-refractivity contribution in [2.45, 2.75) is 13.8 Å². The molecule has 0 saturated heterocycles. The SMILES string of the molecule is CC(=O)Nc1cccc(NC(=O)c2cccc([N+](=O)[O-])c2)c1C. The maximum Gasteiger partial charge on any atom is 0.270 e. The Hall–Kier alpha value is -3.22. The molecule has 2 aromatic rings. The van der Waals surface area contributed by atoms with Crippen LogP contribution in [0.3, 0.4) is 0 Å². The first kappa shape index (κ1) is 16.2. The van der Waals surface area contributed by atoms with Crippen molar-refractivity contribution in [2.24, 2.45) is 0 Å². The predicted octanol–water partition coefficient (Wildman–Crippen LogP) is 3.11. The van der Waals surface area contributed by atoms with E-state index in [-0.39, 0.29) is 17.2 Å². The number of amides is 2. The van der Waals surface area contributed by atoms with Crippen molar-refractivity contribution in [3.05, 3.63) is 63.7 Å². The van der Waals surface area contributed by atoms with Gasteiger partial charge in [-0.05, 0) is 30.7 Å². The lowest BCUT2D eigenvalue weighted by molar-refractivity contribution is -0.384. The Bertz CT molecular complexity index is 787. The van der Waals surface area contributed by atoms with E-state index in [1.54, 1.807) is 25.1 Å². The Morgan fingerprint density at radius 1 is 1.04 bits per heavy atom. The molecule has 0 bridgehead atoms. The van der Waals surface area contributed by atoms with Crippen LogP contribution in [0.25, 0.3) is 0 Å². The van der Waals surface area contributed by atoms with Crippen molar-refractivity contribution in [3.63, 3.8) is 0 Å². The molecule has 0 aromatic heterocycles. The molecule has 2 amide bonds. The molecule has 2 aromatic carbocycles. The number of anilines is 2. The Kier molecular flexibility index (Phi) is 4.70. The van der Waals surface area contributed by atoms with Gasteiger partial charge in [-0.25, -0.2) is 0 Å². The number of benzene rings is 2. The van der Waals surface area contributed by atoms with Gasteiger partial charge in [0.1, 0.15) is 0 Å². The standard InChI is InChI=1S/C16H15N3O4/c1-10-14(17-11(2)20)7-4-8-15(10)18-16(21)12-5-3-6-13(9-12)19(22)23/h3-9H,1-2H3,(H,17,20)(H,18,21). The van der Waals surface area contributed by atoms with Crippen molar-refractivity contribution in [2.75, 3.05) is 10.6 Å². The van der Waals surface area contributed by atoms with Gasteiger partial charge < -0.3 is 10.6 Å². The van der Waals surface area contributed by atoms with Crippen LogP contribution in [0.2, 0.25) is 0 Å². The number of nitrogens with one attached hydrogen (secondary N) is 2. The quantitative estimate of drug-likeness (QED) is 0.668. The molecule has 7 nitrogen and oxygen atoms in total. The van der Waals surface area contributed by atoms with Crippen LogP contribution in [0.15, 0.2) is 42.5 Å². The molecule has 0 aliphatic carbocycles. The van der Waals surface area contributed by atoms with Crippen molar-refractivity contribution in [1.82, 2.24) is 0 Å². The topological polar surface area (TPSA) is 101 Å². The molecule has 0 saturated carbocycles. The normalized spacial score (nSPS) is 10.0. The summed E-state index contributed by atoms with van der Waals surface area (Å²) in [6.07, 6.45) is 0. The predicted molar refractivity (Wildman–Crippen MR) is 86.5 cm³/mol. The molecule has 0 atom stereocenters. The molecule has 118 valence electrons. The maximum atomic E-state index is 12.3. The minimum absolute atomic E-state index is 0.152. The van der Waals surface area contributed by atoms with E-state index in [0.717, 1.165) is 0 Å². The third kappa shape index (κ3) is 3.91. The van der Waals surface area contributed by atoms with Crippen LogP contribution in [-0.4, -0.2) is 16.7 Å². The molecule has 0 spiro atoms. The van der Waals surface area contributed by atoms with Crippen molar-refractivity contribution in [3.8, 4) is 0 Å². The van der Waals surface area contributed by atoms with Crippen molar-refractivity contribution < 1.29 is 14.5 Å². The molecular formula is C16H15N3O4. The van der Waals surface area contributed by atoms with Gasteiger partial charge in [-0.2, -0.15) is 0 Å². The largest absolute Gasteiger partial charge is 0.326 e. The van der Waals surface area contributed by atoms with E-state index < -0.39 is 10.8 Å². The fourth-order valence-corrected chi connectivity index (χ4v) is 2.05. The molecule has 7 heteroatoms. The molecule has 0 aliphatic heterocycles. The molecule has 0 radical (unpaired) electrons. The van der Waals surface area contributed by atoms with E-state index in [4.69, 9.17) is 0 Å². The van der Waals surface area contributed by atoms with Gasteiger partial charge in [0, 0.05) is 36.0 Å². The first-order valence-electron chi connectivity index (χ1n) is 6.81. The van der Waals surface area contributed by atoms with Crippen molar-refractivity contribution in [1.29, 1.82) is 0 Å². The van der Waals surface area contributed by atoms with Crippen LogP contribution in [0, 0.1) is 17.0 Å². The van der Waals surface area contributed by atoms with E-state index in [1.807, 2.05) is 0 Å². The zero-order valence-corrected chi connectivity index (χ0v) is 12.6. The number of carbonyl (C=O) groups excluding carboxylic acids is 2. The lowest BCUT2D eigenvalue weighted by Crippen LogP contribution is -2.14. The summed E-state index contributed by atoms with van der Waals surface area (Å²) in [6.45, 7) is 3.15. The van der Waals surface area contributed by atoms with Gasteiger partial charge in [0.05, 0.1) is 4.92 Å². The average molecular weight is 313 g/mol. The number of carbonyl (C=O) groups is 2. The summed E-state index contributed by atoms with van der Waals surface area (Å²) in [5.74, 6) is -0.674. The van der Waals surface area contributed by atoms with Crippen LogP contribution in [0.1, 0.15) is 22.8 Å². The summed E-state index contributed by atoms with van der Waals surface area (Å²) in [5.41, 5.74) is 1.84. The highest BCUT2D eigenvalue weighted by Crippen LogP contribution is 2.24. The third-order valence-electron chi connectivity index (χ3n) is 3.21. The van der Waals surface area contributed by atoms with Crippen LogP contribution in [0.5, 0.6) is 0 Å². The van der Waals surface area contributed by atoms with Gasteiger partial charge in [0.2, 0.25) is 5.91 Å². The molecule has 2 rings (SSSR count). The van der Waals surface area contributed by atoms with Crippen LogP contribution < -0.4 is 10.6 Å². The van der Waals surface area contributed by atoms with E-state index in [9.17, 15) is 19.7 Å². The minimum atomic E-state index is -0.556. The zero-order chi connectivity index (χ0) is 17.0. The number of nitrogens with zero attached hydrogens (tertiary/aromatic N) is 1. The summed E-state index contributed by atoms with van der Waals surface area (Å²) >= 11 is 0. The Morgan fingerprint density at radius 3 is 2.26 bits per heavy atom. The monoisotopic (exact) mass is 313 g/mol. The Balaban J connectivity index is 2.25. The maximum absolute atomic E-state index is 12.3. The average Bonchev–Trinajstić information content (AvgIpc) is 2.51. The van der Waals surface area contributed by atoms with Gasteiger partial charge >= 0.3 is 0 Å². The molecule has 0 heterocycles. The third-order valence-corrected chi connectivity index (χ3v) is 3.21. The fraction of sp³-hybridized carbons (Fsp3) is 0.125. The van der Waals surface area contributed by atoms with Gasteiger partial charge in [0.25, 0.3) is 11.6 Å². The number of non-ortho nitro benzene ring substituents is 1. The molecule has 0 aliphatic rings. The smallest absolute Gasteiger partial charge is 0.270 e. The van der Waals surface area contributed by atoms with Crippen LogP contribution in [-0.2, 0) is 4.79 Å². The molecule has 0 fully saturated rings. The zero-order valence-electron chi connectivity index (χ0n) is 12.6. The summed E-state index contributed by atoms with van der Waals surface area (Å²) in [7, 11) is 0. The highest BCUT2D eigenvalue weighted by Gasteiger charge is 2.13. The minimum Gasteiger partial charge on any atom is -0.326 e. The second-order valence-corrected chi connectivity index (χ2v) is 4.92. The molecular weight excluding hydrogens is 298 g/mol. The van der Waals surface area contributed by atoms with Gasteiger partial charge in [-0.3, -0.25) is 19.7 Å². The lowest BCUT2D eigenvalue weighted by Gasteiger charge is -2.12. The van der Waals surface area contributed by atoms with E-state index in [2.05, 4.69) is 10.6 Å². The number of nitro benzene ring substituents is 1. The summed E-state index contributed by atoms with van der Waals surface area (Å²) in [4.78, 5) is 33.6.